The molecule has 0 bridgehead atoms. The van der Waals surface area contributed by atoms with E-state index in [0.29, 0.717) is 5.75 Å². The normalized spacial score (nSPS) is 25.4. The van der Waals surface area contributed by atoms with Crippen LogP contribution in [-0.4, -0.2) is 29.7 Å². The maximum absolute atomic E-state index is 10.3. The van der Waals surface area contributed by atoms with E-state index in [9.17, 15) is 5.11 Å². The van der Waals surface area contributed by atoms with Crippen LogP contribution < -0.4 is 9.47 Å². The van der Waals surface area contributed by atoms with Gasteiger partial charge in [0.1, 0.15) is 30.3 Å². The molecule has 1 heterocycles. The van der Waals surface area contributed by atoms with Crippen LogP contribution in [0.5, 0.6) is 11.5 Å². The predicted molar refractivity (Wildman–Crippen MR) is 95.5 cm³/mol. The van der Waals surface area contributed by atoms with Crippen molar-refractivity contribution in [1.82, 2.24) is 0 Å². The molecule has 0 spiro atoms. The van der Waals surface area contributed by atoms with Crippen molar-refractivity contribution in [3.63, 3.8) is 0 Å². The molecule has 3 atom stereocenters. The topological polar surface area (TPSA) is 47.9 Å². The van der Waals surface area contributed by atoms with Crippen LogP contribution in [0.1, 0.15) is 17.5 Å². The van der Waals surface area contributed by atoms with Crippen LogP contribution in [0.3, 0.4) is 0 Å². The molecule has 1 N–H and O–H groups in total. The van der Waals surface area contributed by atoms with Gasteiger partial charge in [-0.25, -0.2) is 0 Å². The summed E-state index contributed by atoms with van der Waals surface area (Å²) >= 11 is 0. The van der Waals surface area contributed by atoms with E-state index in [4.69, 9.17) is 20.6 Å². The molecule has 2 aromatic carbocycles. The van der Waals surface area contributed by atoms with Gasteiger partial charge in [0.25, 0.3) is 0 Å². The van der Waals surface area contributed by atoms with E-state index < -0.39 is 18.0 Å². The first kappa shape index (κ1) is 17.3. The monoisotopic (exact) mass is 338 g/mol. The van der Waals surface area contributed by atoms with Crippen LogP contribution in [0.25, 0.3) is 0 Å². The Morgan fingerprint density at radius 2 is 1.64 bits per heavy atom. The molecule has 3 rings (SSSR count). The molecule has 0 saturated carbocycles. The van der Waals surface area contributed by atoms with E-state index in [0.717, 1.165) is 16.9 Å². The van der Waals surface area contributed by atoms with E-state index in [2.05, 4.69) is 5.92 Å². The van der Waals surface area contributed by atoms with Gasteiger partial charge in [-0.15, -0.1) is 6.42 Å². The highest BCUT2D eigenvalue weighted by Gasteiger charge is 2.46. The standard InChI is InChI=1S/C21H22O4/c1-4-21(22)13-19(24-18-11-7-16(3)8-12-18)20(25-21)14-23-17-9-5-15(2)6-10-17/h1,5-12,19-20,22H,13-14H2,2-3H3/t19-,20+,21+/m0/s1. The minimum absolute atomic E-state index is 0.194. The lowest BCUT2D eigenvalue weighted by molar-refractivity contribution is -0.155. The third-order valence-electron chi connectivity index (χ3n) is 4.21. The Bertz CT molecular complexity index is 745. The highest BCUT2D eigenvalue weighted by atomic mass is 16.7. The van der Waals surface area contributed by atoms with Crippen molar-refractivity contribution in [3.05, 3.63) is 59.7 Å². The van der Waals surface area contributed by atoms with Crippen molar-refractivity contribution in [3.8, 4) is 23.8 Å². The zero-order chi connectivity index (χ0) is 17.9. The molecule has 0 amide bonds. The zero-order valence-corrected chi connectivity index (χ0v) is 14.4. The number of ether oxygens (including phenoxy) is 3. The molecule has 1 fully saturated rings. The number of aryl methyl sites for hydroxylation is 2. The minimum Gasteiger partial charge on any atom is -0.491 e. The fraction of sp³-hybridized carbons (Fsp3) is 0.333. The second kappa shape index (κ2) is 7.18. The fourth-order valence-electron chi connectivity index (χ4n) is 2.73. The van der Waals surface area contributed by atoms with Gasteiger partial charge in [-0.2, -0.15) is 0 Å². The summed E-state index contributed by atoms with van der Waals surface area (Å²) in [5.41, 5.74) is 2.31. The van der Waals surface area contributed by atoms with Crippen LogP contribution in [-0.2, 0) is 4.74 Å². The van der Waals surface area contributed by atoms with Gasteiger partial charge in [-0.3, -0.25) is 0 Å². The Labute approximate surface area is 148 Å². The van der Waals surface area contributed by atoms with Gasteiger partial charge in [-0.05, 0) is 44.0 Å². The summed E-state index contributed by atoms with van der Waals surface area (Å²) in [6.07, 6.45) is 4.74. The van der Waals surface area contributed by atoms with Crippen LogP contribution in [0.4, 0.5) is 0 Å². The molecule has 0 aliphatic carbocycles. The lowest BCUT2D eigenvalue weighted by Gasteiger charge is -2.20. The quantitative estimate of drug-likeness (QED) is 0.850. The summed E-state index contributed by atoms with van der Waals surface area (Å²) in [6, 6.07) is 15.5. The number of rotatable bonds is 5. The molecule has 2 aromatic rings. The molecule has 1 saturated heterocycles. The van der Waals surface area contributed by atoms with Gasteiger partial charge < -0.3 is 19.3 Å². The maximum Gasteiger partial charge on any atom is 0.235 e. The highest BCUT2D eigenvalue weighted by molar-refractivity contribution is 5.28. The predicted octanol–water partition coefficient (Wildman–Crippen LogP) is 3.24. The summed E-state index contributed by atoms with van der Waals surface area (Å²) in [5, 5.41) is 10.3. The Kier molecular flexibility index (Phi) is 4.98. The third-order valence-corrected chi connectivity index (χ3v) is 4.21. The summed E-state index contributed by atoms with van der Waals surface area (Å²) < 4.78 is 17.4. The first-order valence-electron chi connectivity index (χ1n) is 8.28. The lowest BCUT2D eigenvalue weighted by Crippen LogP contribution is -2.33. The maximum atomic E-state index is 10.3. The number of hydrogen-bond acceptors (Lipinski definition) is 4. The second-order valence-electron chi connectivity index (χ2n) is 6.38. The molecule has 4 nitrogen and oxygen atoms in total. The van der Waals surface area contributed by atoms with Gasteiger partial charge in [0.05, 0.1) is 6.42 Å². The largest absolute Gasteiger partial charge is 0.491 e. The Morgan fingerprint density at radius 3 is 2.20 bits per heavy atom. The number of terminal acetylenes is 1. The summed E-state index contributed by atoms with van der Waals surface area (Å²) in [4.78, 5) is 0. The zero-order valence-electron chi connectivity index (χ0n) is 14.4. The van der Waals surface area contributed by atoms with Crippen molar-refractivity contribution in [2.75, 3.05) is 6.61 Å². The van der Waals surface area contributed by atoms with Crippen molar-refractivity contribution < 1.29 is 19.3 Å². The number of hydrogen-bond donors (Lipinski definition) is 1. The Hall–Kier alpha value is -2.48. The Balaban J connectivity index is 1.68. The molecule has 1 aliphatic rings. The summed E-state index contributed by atoms with van der Waals surface area (Å²) in [7, 11) is 0. The molecular formula is C21H22O4. The first-order valence-corrected chi connectivity index (χ1v) is 8.28. The summed E-state index contributed by atoms with van der Waals surface area (Å²) in [5.74, 6) is 2.11. The average Bonchev–Trinajstić information content (AvgIpc) is 2.93. The third kappa shape index (κ3) is 4.33. The molecule has 0 radical (unpaired) electrons. The van der Waals surface area contributed by atoms with Crippen LogP contribution in [0, 0.1) is 26.2 Å². The highest BCUT2D eigenvalue weighted by Crippen LogP contribution is 2.32. The number of benzene rings is 2. The van der Waals surface area contributed by atoms with Gasteiger partial charge in [-0.1, -0.05) is 35.4 Å². The number of aliphatic hydroxyl groups is 1. The minimum atomic E-state index is -1.63. The van der Waals surface area contributed by atoms with E-state index in [-0.39, 0.29) is 13.0 Å². The Morgan fingerprint density at radius 1 is 1.08 bits per heavy atom. The molecular weight excluding hydrogens is 316 g/mol. The van der Waals surface area contributed by atoms with E-state index in [1.807, 2.05) is 62.4 Å². The van der Waals surface area contributed by atoms with Gasteiger partial charge in [0.2, 0.25) is 5.79 Å². The first-order chi connectivity index (χ1) is 12.0. The molecule has 0 aromatic heterocycles. The van der Waals surface area contributed by atoms with Crippen LogP contribution in [0.15, 0.2) is 48.5 Å². The lowest BCUT2D eigenvalue weighted by atomic mass is 10.1. The molecule has 25 heavy (non-hydrogen) atoms. The molecule has 4 heteroatoms. The van der Waals surface area contributed by atoms with Gasteiger partial charge >= 0.3 is 0 Å². The van der Waals surface area contributed by atoms with Crippen molar-refractivity contribution >= 4 is 0 Å². The summed E-state index contributed by atoms with van der Waals surface area (Å²) in [6.45, 7) is 4.27. The van der Waals surface area contributed by atoms with E-state index >= 15 is 0 Å². The van der Waals surface area contributed by atoms with Crippen LogP contribution in [0.2, 0.25) is 0 Å². The van der Waals surface area contributed by atoms with Crippen molar-refractivity contribution in [2.24, 2.45) is 0 Å². The van der Waals surface area contributed by atoms with Crippen LogP contribution >= 0.6 is 0 Å². The van der Waals surface area contributed by atoms with E-state index in [1.165, 1.54) is 0 Å². The van der Waals surface area contributed by atoms with Gasteiger partial charge in [0.15, 0.2) is 0 Å². The van der Waals surface area contributed by atoms with Gasteiger partial charge in [0, 0.05) is 0 Å². The average molecular weight is 338 g/mol. The SMILES string of the molecule is C#C[C@]1(O)C[C@H](Oc2ccc(C)cc2)[C@@H](COc2ccc(C)cc2)O1. The molecule has 1 aliphatic heterocycles. The second-order valence-corrected chi connectivity index (χ2v) is 6.38. The fourth-order valence-corrected chi connectivity index (χ4v) is 2.73. The smallest absolute Gasteiger partial charge is 0.235 e. The van der Waals surface area contributed by atoms with Crippen molar-refractivity contribution in [2.45, 2.75) is 38.3 Å². The van der Waals surface area contributed by atoms with Crippen molar-refractivity contribution in [1.29, 1.82) is 0 Å². The molecule has 0 unspecified atom stereocenters. The van der Waals surface area contributed by atoms with E-state index in [1.54, 1.807) is 0 Å². The molecule has 130 valence electrons.